The highest BCUT2D eigenvalue weighted by molar-refractivity contribution is 7.89. The van der Waals surface area contributed by atoms with Crippen LogP contribution in [-0.2, 0) is 27.5 Å². The SMILES string of the molecule is Cc1ccc(S(=O)(=O)N(CC(=O)Nc2ccc(F)c(C(F)(F)F)c2)Cc2cccc(C)c2)cc1. The number of sulfonamides is 1. The third-order valence-corrected chi connectivity index (χ3v) is 6.78. The summed E-state index contributed by atoms with van der Waals surface area (Å²) in [4.78, 5) is 12.6. The van der Waals surface area contributed by atoms with Crippen LogP contribution in [0.4, 0.5) is 23.2 Å². The molecular weight excluding hydrogens is 472 g/mol. The molecule has 0 atom stereocenters. The molecule has 0 aliphatic rings. The van der Waals surface area contributed by atoms with Crippen LogP contribution in [-0.4, -0.2) is 25.2 Å². The molecule has 10 heteroatoms. The molecule has 180 valence electrons. The van der Waals surface area contributed by atoms with Gasteiger partial charge in [0, 0.05) is 12.2 Å². The number of alkyl halides is 3. The zero-order valence-corrected chi connectivity index (χ0v) is 19.2. The smallest absolute Gasteiger partial charge is 0.325 e. The standard InChI is InChI=1S/C24H22F4N2O3S/c1-16-6-9-20(10-7-16)34(32,33)30(14-18-5-3-4-17(2)12-18)15-23(31)29-19-8-11-22(25)21(13-19)24(26,27)28/h3-13H,14-15H2,1-2H3,(H,29,31). The molecule has 5 nitrogen and oxygen atoms in total. The minimum absolute atomic E-state index is 0.0281. The average molecular weight is 495 g/mol. The quantitative estimate of drug-likeness (QED) is 0.454. The number of rotatable bonds is 7. The van der Waals surface area contributed by atoms with Gasteiger partial charge in [0.1, 0.15) is 5.82 Å². The summed E-state index contributed by atoms with van der Waals surface area (Å²) in [5.74, 6) is -2.35. The molecule has 0 radical (unpaired) electrons. The number of benzene rings is 3. The van der Waals surface area contributed by atoms with Crippen molar-refractivity contribution < 1.29 is 30.8 Å². The Balaban J connectivity index is 1.89. The topological polar surface area (TPSA) is 66.5 Å². The summed E-state index contributed by atoms with van der Waals surface area (Å²) < 4.78 is 80.0. The van der Waals surface area contributed by atoms with E-state index < -0.39 is 40.0 Å². The molecule has 0 saturated heterocycles. The van der Waals surface area contributed by atoms with E-state index in [0.717, 1.165) is 21.5 Å². The highest BCUT2D eigenvalue weighted by atomic mass is 32.2. The first kappa shape index (κ1) is 25.4. The molecule has 0 spiro atoms. The molecule has 0 fully saturated rings. The van der Waals surface area contributed by atoms with Gasteiger partial charge in [0.05, 0.1) is 17.0 Å². The second-order valence-electron chi connectivity index (χ2n) is 7.82. The Morgan fingerprint density at radius 3 is 2.24 bits per heavy atom. The van der Waals surface area contributed by atoms with Crippen LogP contribution < -0.4 is 5.32 Å². The fraction of sp³-hybridized carbons (Fsp3) is 0.208. The average Bonchev–Trinajstić information content (AvgIpc) is 2.74. The van der Waals surface area contributed by atoms with Gasteiger partial charge in [0.2, 0.25) is 15.9 Å². The molecule has 0 aromatic heterocycles. The molecule has 34 heavy (non-hydrogen) atoms. The highest BCUT2D eigenvalue weighted by Gasteiger charge is 2.34. The van der Waals surface area contributed by atoms with E-state index in [0.29, 0.717) is 17.7 Å². The lowest BCUT2D eigenvalue weighted by molar-refractivity contribution is -0.140. The molecule has 3 aromatic rings. The third-order valence-electron chi connectivity index (χ3n) is 4.98. The van der Waals surface area contributed by atoms with Gasteiger partial charge in [-0.25, -0.2) is 12.8 Å². The van der Waals surface area contributed by atoms with Crippen molar-refractivity contribution in [3.63, 3.8) is 0 Å². The van der Waals surface area contributed by atoms with Crippen LogP contribution in [0.1, 0.15) is 22.3 Å². The number of halogens is 4. The second-order valence-corrected chi connectivity index (χ2v) is 9.75. The van der Waals surface area contributed by atoms with Gasteiger partial charge in [-0.1, -0.05) is 47.5 Å². The van der Waals surface area contributed by atoms with E-state index in [1.165, 1.54) is 12.1 Å². The number of nitrogens with one attached hydrogen (secondary N) is 1. The maximum Gasteiger partial charge on any atom is 0.419 e. The number of anilines is 1. The number of aryl methyl sites for hydroxylation is 2. The second kappa shape index (κ2) is 9.94. The van der Waals surface area contributed by atoms with Crippen molar-refractivity contribution >= 4 is 21.6 Å². The molecule has 0 aliphatic carbocycles. The Labute approximate surface area is 195 Å². The maximum absolute atomic E-state index is 13.5. The third kappa shape index (κ3) is 6.21. The van der Waals surface area contributed by atoms with Crippen molar-refractivity contribution in [3.05, 3.63) is 94.8 Å². The van der Waals surface area contributed by atoms with Gasteiger partial charge in [-0.2, -0.15) is 17.5 Å². The molecule has 0 bridgehead atoms. The molecule has 3 rings (SSSR count). The lowest BCUT2D eigenvalue weighted by Crippen LogP contribution is -2.37. The van der Waals surface area contributed by atoms with Crippen LogP contribution in [0.2, 0.25) is 0 Å². The molecule has 1 amide bonds. The Morgan fingerprint density at radius 2 is 1.62 bits per heavy atom. The van der Waals surface area contributed by atoms with Crippen LogP contribution in [0, 0.1) is 19.7 Å². The molecule has 0 aliphatic heterocycles. The van der Waals surface area contributed by atoms with Gasteiger partial charge in [-0.05, 0) is 49.7 Å². The zero-order valence-electron chi connectivity index (χ0n) is 18.4. The van der Waals surface area contributed by atoms with Crippen LogP contribution in [0.5, 0.6) is 0 Å². The van der Waals surface area contributed by atoms with Gasteiger partial charge in [-0.15, -0.1) is 0 Å². The summed E-state index contributed by atoms with van der Waals surface area (Å²) in [6.45, 7) is 2.83. The van der Waals surface area contributed by atoms with Crippen molar-refractivity contribution in [1.29, 1.82) is 0 Å². The van der Waals surface area contributed by atoms with Gasteiger partial charge in [0.25, 0.3) is 0 Å². The fourth-order valence-electron chi connectivity index (χ4n) is 3.28. The normalized spacial score (nSPS) is 12.1. The number of amides is 1. The Morgan fingerprint density at radius 1 is 0.941 bits per heavy atom. The number of hydrogen-bond acceptors (Lipinski definition) is 3. The minimum Gasteiger partial charge on any atom is -0.325 e. The lowest BCUT2D eigenvalue weighted by atomic mass is 10.1. The molecule has 0 saturated carbocycles. The summed E-state index contributed by atoms with van der Waals surface area (Å²) in [6.07, 6.45) is -4.95. The van der Waals surface area contributed by atoms with Crippen LogP contribution >= 0.6 is 0 Å². The van der Waals surface area contributed by atoms with Crippen molar-refractivity contribution in [2.75, 3.05) is 11.9 Å². The molecule has 0 heterocycles. The van der Waals surface area contributed by atoms with E-state index in [1.54, 1.807) is 37.3 Å². The van der Waals surface area contributed by atoms with Crippen LogP contribution in [0.15, 0.2) is 71.6 Å². The van der Waals surface area contributed by atoms with Gasteiger partial charge in [0.15, 0.2) is 0 Å². The fourth-order valence-corrected chi connectivity index (χ4v) is 4.66. The van der Waals surface area contributed by atoms with E-state index in [1.807, 2.05) is 13.0 Å². The summed E-state index contributed by atoms with van der Waals surface area (Å²) in [5, 5.41) is 2.23. The van der Waals surface area contributed by atoms with E-state index in [2.05, 4.69) is 5.32 Å². The van der Waals surface area contributed by atoms with Crippen LogP contribution in [0.3, 0.4) is 0 Å². The predicted molar refractivity (Wildman–Crippen MR) is 120 cm³/mol. The monoisotopic (exact) mass is 494 g/mol. The number of nitrogens with zero attached hydrogens (tertiary/aromatic N) is 1. The van der Waals surface area contributed by atoms with Crippen molar-refractivity contribution in [2.24, 2.45) is 0 Å². The first-order valence-electron chi connectivity index (χ1n) is 10.2. The minimum atomic E-state index is -4.95. The van der Waals surface area contributed by atoms with Crippen molar-refractivity contribution in [3.8, 4) is 0 Å². The molecule has 0 unspecified atom stereocenters. The Bertz CT molecular complexity index is 1290. The van der Waals surface area contributed by atoms with E-state index >= 15 is 0 Å². The number of carbonyl (C=O) groups is 1. The van der Waals surface area contributed by atoms with E-state index in [-0.39, 0.29) is 17.1 Å². The first-order valence-corrected chi connectivity index (χ1v) is 11.6. The van der Waals surface area contributed by atoms with Crippen molar-refractivity contribution in [2.45, 2.75) is 31.5 Å². The number of hydrogen-bond donors (Lipinski definition) is 1. The van der Waals surface area contributed by atoms with Crippen molar-refractivity contribution in [1.82, 2.24) is 4.31 Å². The highest BCUT2D eigenvalue weighted by Crippen LogP contribution is 2.33. The predicted octanol–water partition coefficient (Wildman–Crippen LogP) is 5.29. The summed E-state index contributed by atoms with van der Waals surface area (Å²) >= 11 is 0. The lowest BCUT2D eigenvalue weighted by Gasteiger charge is -2.22. The van der Waals surface area contributed by atoms with Gasteiger partial charge in [-0.3, -0.25) is 4.79 Å². The summed E-state index contributed by atoms with van der Waals surface area (Å²) in [7, 11) is -4.12. The molecule has 3 aromatic carbocycles. The largest absolute Gasteiger partial charge is 0.419 e. The van der Waals surface area contributed by atoms with Crippen LogP contribution in [0.25, 0.3) is 0 Å². The van der Waals surface area contributed by atoms with E-state index in [9.17, 15) is 30.8 Å². The summed E-state index contributed by atoms with van der Waals surface area (Å²) in [6, 6.07) is 15.2. The zero-order chi connectivity index (χ0) is 25.1. The van der Waals surface area contributed by atoms with E-state index in [4.69, 9.17) is 0 Å². The summed E-state index contributed by atoms with van der Waals surface area (Å²) in [5.41, 5.74) is 0.528. The maximum atomic E-state index is 13.5. The Kier molecular flexibility index (Phi) is 7.42. The van der Waals surface area contributed by atoms with Gasteiger partial charge >= 0.3 is 6.18 Å². The molecular formula is C24H22F4N2O3S. The number of carbonyl (C=O) groups excluding carboxylic acids is 1. The Hall–Kier alpha value is -3.24. The first-order chi connectivity index (χ1) is 15.9. The molecule has 1 N–H and O–H groups in total. The van der Waals surface area contributed by atoms with Gasteiger partial charge < -0.3 is 5.32 Å².